The summed E-state index contributed by atoms with van der Waals surface area (Å²) in [5, 5.41) is 12.0. The molecule has 1 atom stereocenters. The molecule has 31 heavy (non-hydrogen) atoms. The van der Waals surface area contributed by atoms with Gasteiger partial charge in [0.1, 0.15) is 16.8 Å². The summed E-state index contributed by atoms with van der Waals surface area (Å²) >= 11 is 0. The van der Waals surface area contributed by atoms with Crippen LogP contribution in [0.5, 0.6) is 0 Å². The molecule has 3 aromatic heterocycles. The summed E-state index contributed by atoms with van der Waals surface area (Å²) in [5.41, 5.74) is 1.01. The van der Waals surface area contributed by atoms with Crippen molar-refractivity contribution in [2.45, 2.75) is 58.1 Å². The zero-order valence-corrected chi connectivity index (χ0v) is 17.9. The van der Waals surface area contributed by atoms with Crippen molar-refractivity contribution in [1.29, 1.82) is 5.41 Å². The molecule has 2 N–H and O–H groups in total. The Labute approximate surface area is 180 Å². The fourth-order valence-corrected chi connectivity index (χ4v) is 4.08. The molecule has 1 aliphatic rings. The zero-order chi connectivity index (χ0) is 21.8. The van der Waals surface area contributed by atoms with E-state index in [4.69, 9.17) is 10.1 Å². The third-order valence-corrected chi connectivity index (χ3v) is 5.81. The largest absolute Gasteiger partial charge is 0.376 e. The normalized spacial score (nSPS) is 16.2. The summed E-state index contributed by atoms with van der Waals surface area (Å²) in [5.74, 6) is -0.359. The number of nitrogens with zero attached hydrogens (tertiary/aromatic N) is 3. The van der Waals surface area contributed by atoms with Crippen molar-refractivity contribution in [3.8, 4) is 0 Å². The second-order valence-corrected chi connectivity index (χ2v) is 8.05. The van der Waals surface area contributed by atoms with Crippen LogP contribution in [0.15, 0.2) is 35.3 Å². The summed E-state index contributed by atoms with van der Waals surface area (Å²) in [6, 6.07) is 6.89. The van der Waals surface area contributed by atoms with Crippen molar-refractivity contribution in [3.05, 3.63) is 51.9 Å². The van der Waals surface area contributed by atoms with Crippen molar-refractivity contribution in [1.82, 2.24) is 19.3 Å². The minimum Gasteiger partial charge on any atom is -0.376 e. The molecule has 0 saturated carbocycles. The fraction of sp³-hybridized carbons (Fsp3) is 0.478. The van der Waals surface area contributed by atoms with Crippen LogP contribution in [0.2, 0.25) is 0 Å². The summed E-state index contributed by atoms with van der Waals surface area (Å²) in [6.07, 6.45) is 7.68. The Morgan fingerprint density at radius 1 is 1.32 bits per heavy atom. The third kappa shape index (κ3) is 4.39. The molecule has 0 spiro atoms. The lowest BCUT2D eigenvalue weighted by molar-refractivity contribution is 0.0855. The van der Waals surface area contributed by atoms with Gasteiger partial charge >= 0.3 is 0 Å². The first-order valence-electron chi connectivity index (χ1n) is 11.1. The number of rotatable bonds is 8. The first-order valence-corrected chi connectivity index (χ1v) is 11.1. The van der Waals surface area contributed by atoms with E-state index in [2.05, 4.69) is 17.2 Å². The Balaban J connectivity index is 1.78. The monoisotopic (exact) mass is 423 g/mol. The number of hydrogen-bond acceptors (Lipinski definition) is 5. The molecular weight excluding hydrogens is 394 g/mol. The Morgan fingerprint density at radius 3 is 2.97 bits per heavy atom. The van der Waals surface area contributed by atoms with Crippen LogP contribution in [0.25, 0.3) is 16.7 Å². The SMILES string of the molecule is CCCCCCn1c(=N)c(C(=O)NCC2CCCO2)cc2c(=O)n3ccccc3nc21. The van der Waals surface area contributed by atoms with E-state index in [1.165, 1.54) is 10.5 Å². The molecule has 164 valence electrons. The zero-order valence-electron chi connectivity index (χ0n) is 17.9. The molecule has 0 radical (unpaired) electrons. The predicted molar refractivity (Wildman–Crippen MR) is 118 cm³/mol. The van der Waals surface area contributed by atoms with Crippen LogP contribution in [0, 0.1) is 5.41 Å². The number of fused-ring (bicyclic) bond motifs is 2. The minimum absolute atomic E-state index is 0.0102. The number of aryl methyl sites for hydroxylation is 1. The topological polar surface area (TPSA) is 101 Å². The van der Waals surface area contributed by atoms with Gasteiger partial charge in [0.05, 0.1) is 17.1 Å². The first-order chi connectivity index (χ1) is 15.1. The molecule has 1 saturated heterocycles. The van der Waals surface area contributed by atoms with Crippen molar-refractivity contribution in [3.63, 3.8) is 0 Å². The molecule has 0 aromatic carbocycles. The molecule has 4 rings (SSSR count). The Morgan fingerprint density at radius 2 is 2.19 bits per heavy atom. The van der Waals surface area contributed by atoms with Crippen molar-refractivity contribution < 1.29 is 9.53 Å². The second-order valence-electron chi connectivity index (χ2n) is 8.05. The Bertz CT molecular complexity index is 1210. The number of carbonyl (C=O) groups excluding carboxylic acids is 1. The van der Waals surface area contributed by atoms with Gasteiger partial charge in [0, 0.05) is 25.9 Å². The molecule has 8 nitrogen and oxygen atoms in total. The van der Waals surface area contributed by atoms with Crippen LogP contribution < -0.4 is 16.4 Å². The van der Waals surface area contributed by atoms with Crippen LogP contribution in [-0.2, 0) is 11.3 Å². The van der Waals surface area contributed by atoms with Crippen molar-refractivity contribution in [2.75, 3.05) is 13.2 Å². The van der Waals surface area contributed by atoms with E-state index in [-0.39, 0.29) is 28.6 Å². The molecule has 0 bridgehead atoms. The lowest BCUT2D eigenvalue weighted by Crippen LogP contribution is -2.37. The second kappa shape index (κ2) is 9.43. The van der Waals surface area contributed by atoms with E-state index in [0.29, 0.717) is 36.4 Å². The number of carbonyl (C=O) groups is 1. The molecule has 3 aromatic rings. The van der Waals surface area contributed by atoms with Gasteiger partial charge in [-0.1, -0.05) is 32.3 Å². The predicted octanol–water partition coefficient (Wildman–Crippen LogP) is 2.62. The van der Waals surface area contributed by atoms with Gasteiger partial charge in [-0.25, -0.2) is 4.98 Å². The highest BCUT2D eigenvalue weighted by Crippen LogP contribution is 2.13. The number of nitrogens with one attached hydrogen (secondary N) is 2. The van der Waals surface area contributed by atoms with E-state index in [1.807, 2.05) is 6.07 Å². The smallest absolute Gasteiger partial charge is 0.267 e. The number of amides is 1. The van der Waals surface area contributed by atoms with E-state index < -0.39 is 0 Å². The van der Waals surface area contributed by atoms with Crippen LogP contribution in [0.1, 0.15) is 55.8 Å². The highest BCUT2D eigenvalue weighted by atomic mass is 16.5. The van der Waals surface area contributed by atoms with E-state index in [9.17, 15) is 9.59 Å². The summed E-state index contributed by atoms with van der Waals surface area (Å²) in [7, 11) is 0. The summed E-state index contributed by atoms with van der Waals surface area (Å²) in [4.78, 5) is 30.8. The number of unbranched alkanes of at least 4 members (excludes halogenated alkanes) is 3. The molecule has 1 unspecified atom stereocenters. The highest BCUT2D eigenvalue weighted by molar-refractivity contribution is 5.96. The Kier molecular flexibility index (Phi) is 6.46. The fourth-order valence-electron chi connectivity index (χ4n) is 4.08. The minimum atomic E-state index is -0.359. The van der Waals surface area contributed by atoms with E-state index >= 15 is 0 Å². The average molecular weight is 424 g/mol. The number of ether oxygens (including phenoxy) is 1. The van der Waals surface area contributed by atoms with Crippen LogP contribution in [0.4, 0.5) is 0 Å². The van der Waals surface area contributed by atoms with Crippen LogP contribution >= 0.6 is 0 Å². The lowest BCUT2D eigenvalue weighted by atomic mass is 10.1. The molecule has 0 aliphatic carbocycles. The maximum Gasteiger partial charge on any atom is 0.267 e. The Hall–Kier alpha value is -3.00. The number of hydrogen-bond donors (Lipinski definition) is 2. The van der Waals surface area contributed by atoms with Crippen LogP contribution in [0.3, 0.4) is 0 Å². The third-order valence-electron chi connectivity index (χ3n) is 5.81. The summed E-state index contributed by atoms with van der Waals surface area (Å²) < 4.78 is 8.76. The van der Waals surface area contributed by atoms with Gasteiger partial charge in [-0.2, -0.15) is 0 Å². The maximum absolute atomic E-state index is 13.2. The van der Waals surface area contributed by atoms with Gasteiger partial charge in [-0.15, -0.1) is 0 Å². The van der Waals surface area contributed by atoms with Crippen LogP contribution in [-0.4, -0.2) is 39.1 Å². The van der Waals surface area contributed by atoms with Gasteiger partial charge in [0.2, 0.25) is 0 Å². The molecule has 8 heteroatoms. The average Bonchev–Trinajstić information content (AvgIpc) is 3.30. The van der Waals surface area contributed by atoms with Gasteiger partial charge < -0.3 is 14.6 Å². The lowest BCUT2D eigenvalue weighted by Gasteiger charge is -2.15. The number of aromatic nitrogens is 3. The first kappa shape index (κ1) is 21.2. The quantitative estimate of drug-likeness (QED) is 0.429. The molecular formula is C23H29N5O3. The van der Waals surface area contributed by atoms with Gasteiger partial charge in [-0.3, -0.25) is 19.4 Å². The van der Waals surface area contributed by atoms with Crippen molar-refractivity contribution >= 4 is 22.6 Å². The number of pyridine rings is 2. The molecule has 1 amide bonds. The highest BCUT2D eigenvalue weighted by Gasteiger charge is 2.20. The standard InChI is InChI=1S/C23H29N5O3/c1-2-3-4-6-12-28-20(24)17(22(29)25-15-16-9-8-13-31-16)14-18-21(28)26-19-10-5-7-11-27(19)23(18)30/h5,7,10-11,14,16,24H,2-4,6,8-9,12-13,15H2,1H3,(H,25,29). The van der Waals surface area contributed by atoms with Crippen molar-refractivity contribution in [2.24, 2.45) is 0 Å². The molecule has 1 aliphatic heterocycles. The van der Waals surface area contributed by atoms with Gasteiger partial charge in [0.25, 0.3) is 11.5 Å². The van der Waals surface area contributed by atoms with E-state index in [1.54, 1.807) is 22.9 Å². The summed E-state index contributed by atoms with van der Waals surface area (Å²) in [6.45, 7) is 3.80. The van der Waals surface area contributed by atoms with E-state index in [0.717, 1.165) is 38.5 Å². The van der Waals surface area contributed by atoms with Gasteiger partial charge in [-0.05, 0) is 37.5 Å². The maximum atomic E-state index is 13.2. The molecule has 4 heterocycles. The molecule has 1 fully saturated rings. The van der Waals surface area contributed by atoms with Gasteiger partial charge in [0.15, 0.2) is 0 Å².